The SMILES string of the molecule is COCCC(C)(C)OCC(C)(C)COC. The first kappa shape index (κ1) is 14.9. The van der Waals surface area contributed by atoms with Crippen molar-refractivity contribution in [3.63, 3.8) is 0 Å². The van der Waals surface area contributed by atoms with E-state index < -0.39 is 0 Å². The molecule has 0 spiro atoms. The second kappa shape index (κ2) is 6.46. The molecule has 3 heteroatoms. The minimum absolute atomic E-state index is 0.0685. The second-order valence-corrected chi connectivity index (χ2v) is 5.39. The van der Waals surface area contributed by atoms with E-state index in [1.54, 1.807) is 14.2 Å². The Morgan fingerprint density at radius 3 is 1.93 bits per heavy atom. The van der Waals surface area contributed by atoms with Crippen molar-refractivity contribution in [2.75, 3.05) is 34.0 Å². The fraction of sp³-hybridized carbons (Fsp3) is 1.00. The topological polar surface area (TPSA) is 27.7 Å². The molecule has 0 aliphatic heterocycles. The largest absolute Gasteiger partial charge is 0.385 e. The van der Waals surface area contributed by atoms with Crippen LogP contribution in [0.5, 0.6) is 0 Å². The summed E-state index contributed by atoms with van der Waals surface area (Å²) in [4.78, 5) is 0. The van der Waals surface area contributed by atoms with Crippen LogP contribution in [0.25, 0.3) is 0 Å². The molecule has 92 valence electrons. The number of rotatable bonds is 8. The van der Waals surface area contributed by atoms with Crippen LogP contribution in [-0.4, -0.2) is 39.6 Å². The van der Waals surface area contributed by atoms with E-state index in [0.29, 0.717) is 13.2 Å². The van der Waals surface area contributed by atoms with Crippen molar-refractivity contribution in [3.05, 3.63) is 0 Å². The molecule has 0 aliphatic rings. The molecule has 0 saturated heterocycles. The average Bonchev–Trinajstić information content (AvgIpc) is 2.12. The molecule has 15 heavy (non-hydrogen) atoms. The Hall–Kier alpha value is -0.120. The molecular weight excluding hydrogens is 192 g/mol. The average molecular weight is 218 g/mol. The molecule has 0 fully saturated rings. The van der Waals surface area contributed by atoms with E-state index in [1.807, 2.05) is 0 Å². The Labute approximate surface area is 94.1 Å². The predicted octanol–water partition coefficient (Wildman–Crippen LogP) is 2.49. The first-order valence-electron chi connectivity index (χ1n) is 5.45. The molecule has 0 N–H and O–H groups in total. The Kier molecular flexibility index (Phi) is 6.41. The van der Waals surface area contributed by atoms with Crippen molar-refractivity contribution in [3.8, 4) is 0 Å². The zero-order chi connectivity index (χ0) is 11.9. The molecule has 0 rings (SSSR count). The summed E-state index contributed by atoms with van der Waals surface area (Å²) in [5.41, 5.74) is -0.0554. The van der Waals surface area contributed by atoms with Crippen molar-refractivity contribution in [2.24, 2.45) is 5.41 Å². The maximum atomic E-state index is 5.89. The molecule has 0 saturated carbocycles. The summed E-state index contributed by atoms with van der Waals surface area (Å²) in [6.07, 6.45) is 0.909. The molecule has 3 nitrogen and oxygen atoms in total. The molecule has 0 amide bonds. The predicted molar refractivity (Wildman–Crippen MR) is 62.2 cm³/mol. The zero-order valence-corrected chi connectivity index (χ0v) is 11.1. The third-order valence-corrected chi connectivity index (χ3v) is 2.30. The minimum atomic E-state index is -0.124. The van der Waals surface area contributed by atoms with Crippen LogP contribution in [0.4, 0.5) is 0 Å². The maximum absolute atomic E-state index is 5.89. The molecule has 0 bridgehead atoms. The van der Waals surface area contributed by atoms with Crippen LogP contribution in [-0.2, 0) is 14.2 Å². The molecule has 0 atom stereocenters. The monoisotopic (exact) mass is 218 g/mol. The summed E-state index contributed by atoms with van der Waals surface area (Å²) in [7, 11) is 3.43. The normalized spacial score (nSPS) is 13.2. The van der Waals surface area contributed by atoms with Crippen LogP contribution in [0.2, 0.25) is 0 Å². The molecule has 0 aromatic rings. The van der Waals surface area contributed by atoms with Crippen molar-refractivity contribution in [2.45, 2.75) is 39.7 Å². The van der Waals surface area contributed by atoms with Gasteiger partial charge in [-0.25, -0.2) is 0 Å². The third kappa shape index (κ3) is 7.77. The van der Waals surface area contributed by atoms with Crippen molar-refractivity contribution < 1.29 is 14.2 Å². The van der Waals surface area contributed by atoms with Gasteiger partial charge < -0.3 is 14.2 Å². The molecule has 0 aromatic carbocycles. The van der Waals surface area contributed by atoms with E-state index in [2.05, 4.69) is 27.7 Å². The second-order valence-electron chi connectivity index (χ2n) is 5.39. The fourth-order valence-corrected chi connectivity index (χ4v) is 1.24. The van der Waals surface area contributed by atoms with E-state index in [1.165, 1.54) is 0 Å². The molecule has 0 aromatic heterocycles. The minimum Gasteiger partial charge on any atom is -0.385 e. The lowest BCUT2D eigenvalue weighted by Crippen LogP contribution is -2.33. The van der Waals surface area contributed by atoms with Crippen LogP contribution in [0.1, 0.15) is 34.1 Å². The molecule has 0 heterocycles. The molecule has 0 radical (unpaired) electrons. The van der Waals surface area contributed by atoms with Gasteiger partial charge in [-0.05, 0) is 20.3 Å². The number of methoxy groups -OCH3 is 2. The first-order chi connectivity index (χ1) is 6.83. The highest BCUT2D eigenvalue weighted by molar-refractivity contribution is 4.73. The third-order valence-electron chi connectivity index (χ3n) is 2.30. The number of hydrogen-bond acceptors (Lipinski definition) is 3. The Balaban J connectivity index is 3.90. The van der Waals surface area contributed by atoms with Gasteiger partial charge in [0, 0.05) is 26.2 Å². The van der Waals surface area contributed by atoms with Crippen LogP contribution < -0.4 is 0 Å². The zero-order valence-electron chi connectivity index (χ0n) is 11.1. The lowest BCUT2D eigenvalue weighted by atomic mass is 9.95. The van der Waals surface area contributed by atoms with Crippen molar-refractivity contribution in [1.29, 1.82) is 0 Å². The highest BCUT2D eigenvalue weighted by atomic mass is 16.5. The van der Waals surface area contributed by atoms with E-state index in [0.717, 1.165) is 13.0 Å². The summed E-state index contributed by atoms with van der Waals surface area (Å²) in [6.45, 7) is 10.6. The Morgan fingerprint density at radius 1 is 0.867 bits per heavy atom. The van der Waals surface area contributed by atoms with E-state index in [-0.39, 0.29) is 11.0 Å². The fourth-order valence-electron chi connectivity index (χ4n) is 1.24. The maximum Gasteiger partial charge on any atom is 0.0648 e. The summed E-state index contributed by atoms with van der Waals surface area (Å²) in [6, 6.07) is 0. The molecule has 0 unspecified atom stereocenters. The molecular formula is C12H26O3. The highest BCUT2D eigenvalue weighted by Crippen LogP contribution is 2.22. The van der Waals surface area contributed by atoms with Gasteiger partial charge in [0.05, 0.1) is 18.8 Å². The quantitative estimate of drug-likeness (QED) is 0.626. The van der Waals surface area contributed by atoms with Gasteiger partial charge >= 0.3 is 0 Å². The molecule has 0 aliphatic carbocycles. The van der Waals surface area contributed by atoms with Crippen LogP contribution in [0.3, 0.4) is 0 Å². The smallest absolute Gasteiger partial charge is 0.0648 e. The summed E-state index contributed by atoms with van der Waals surface area (Å²) < 4.78 is 16.1. The van der Waals surface area contributed by atoms with Crippen molar-refractivity contribution in [1.82, 2.24) is 0 Å². The Bertz CT molecular complexity index is 164. The van der Waals surface area contributed by atoms with E-state index in [4.69, 9.17) is 14.2 Å². The lowest BCUT2D eigenvalue weighted by molar-refractivity contribution is -0.0815. The van der Waals surface area contributed by atoms with Gasteiger partial charge in [-0.15, -0.1) is 0 Å². The van der Waals surface area contributed by atoms with Gasteiger partial charge in [-0.1, -0.05) is 13.8 Å². The van der Waals surface area contributed by atoms with Gasteiger partial charge in [0.25, 0.3) is 0 Å². The van der Waals surface area contributed by atoms with Gasteiger partial charge in [0.1, 0.15) is 0 Å². The van der Waals surface area contributed by atoms with Gasteiger partial charge in [0.15, 0.2) is 0 Å². The van der Waals surface area contributed by atoms with Crippen LogP contribution in [0.15, 0.2) is 0 Å². The van der Waals surface area contributed by atoms with Gasteiger partial charge in [-0.3, -0.25) is 0 Å². The standard InChI is InChI=1S/C12H26O3/c1-11(2,9-14-6)10-15-12(3,4)7-8-13-5/h7-10H2,1-6H3. The summed E-state index contributed by atoms with van der Waals surface area (Å²) >= 11 is 0. The van der Waals surface area contributed by atoms with Gasteiger partial charge in [-0.2, -0.15) is 0 Å². The summed E-state index contributed by atoms with van der Waals surface area (Å²) in [5, 5.41) is 0. The van der Waals surface area contributed by atoms with Crippen LogP contribution >= 0.6 is 0 Å². The van der Waals surface area contributed by atoms with E-state index >= 15 is 0 Å². The van der Waals surface area contributed by atoms with Crippen molar-refractivity contribution >= 4 is 0 Å². The first-order valence-corrected chi connectivity index (χ1v) is 5.45. The lowest BCUT2D eigenvalue weighted by Gasteiger charge is -2.31. The Morgan fingerprint density at radius 2 is 1.47 bits per heavy atom. The highest BCUT2D eigenvalue weighted by Gasteiger charge is 2.24. The number of ether oxygens (including phenoxy) is 3. The van der Waals surface area contributed by atoms with E-state index in [9.17, 15) is 0 Å². The summed E-state index contributed by atoms with van der Waals surface area (Å²) in [5.74, 6) is 0. The van der Waals surface area contributed by atoms with Gasteiger partial charge in [0.2, 0.25) is 0 Å². The number of hydrogen-bond donors (Lipinski definition) is 0. The van der Waals surface area contributed by atoms with Crippen LogP contribution in [0, 0.1) is 5.41 Å².